The van der Waals surface area contributed by atoms with E-state index in [0.717, 1.165) is 36.7 Å². The molecule has 1 aromatic heterocycles. The van der Waals surface area contributed by atoms with E-state index in [1.165, 1.54) is 11.4 Å². The lowest BCUT2D eigenvalue weighted by atomic mass is 10.1. The first-order valence-corrected chi connectivity index (χ1v) is 8.21. The molecule has 2 bridgehead atoms. The Morgan fingerprint density at radius 1 is 1.38 bits per heavy atom. The molecule has 0 unspecified atom stereocenters. The third kappa shape index (κ3) is 3.13. The Balaban J connectivity index is 1.86. The lowest BCUT2D eigenvalue weighted by Gasteiger charge is -2.39. The number of pyridine rings is 1. The van der Waals surface area contributed by atoms with Gasteiger partial charge >= 0.3 is 0 Å². The quantitative estimate of drug-likeness (QED) is 0.806. The molecule has 0 saturated carbocycles. The van der Waals surface area contributed by atoms with Gasteiger partial charge in [0.05, 0.1) is 11.7 Å². The highest BCUT2D eigenvalue weighted by Gasteiger charge is 2.36. The minimum Gasteiger partial charge on any atom is -0.368 e. The molecule has 0 spiro atoms. The van der Waals surface area contributed by atoms with E-state index in [1.54, 1.807) is 12.3 Å². The molecule has 1 saturated heterocycles. The maximum atomic E-state index is 4.33. The first kappa shape index (κ1) is 16.1. The highest BCUT2D eigenvalue weighted by atomic mass is 15.4. The van der Waals surface area contributed by atoms with Gasteiger partial charge in [0.2, 0.25) is 0 Å². The van der Waals surface area contributed by atoms with Gasteiger partial charge in [0.25, 0.3) is 0 Å². The number of nitrogens with zero attached hydrogens (tertiary/aromatic N) is 3. The Morgan fingerprint density at radius 3 is 2.92 bits per heavy atom. The number of hydrogen-bond donors (Lipinski definition) is 1. The predicted octanol–water partition coefficient (Wildman–Crippen LogP) is 3.88. The SMILES string of the molecule is C=CC(=C)/C=C\C1=C(C)N(C(=C)Nc2ccccn2)[C@H]2CCN1C2. The second-order valence-corrected chi connectivity index (χ2v) is 6.13. The van der Waals surface area contributed by atoms with Gasteiger partial charge < -0.3 is 15.1 Å². The molecular formula is C20H24N4. The zero-order valence-corrected chi connectivity index (χ0v) is 14.2. The Kier molecular flexibility index (Phi) is 4.56. The summed E-state index contributed by atoms with van der Waals surface area (Å²) in [4.78, 5) is 9.06. The molecule has 3 heterocycles. The summed E-state index contributed by atoms with van der Waals surface area (Å²) >= 11 is 0. The highest BCUT2D eigenvalue weighted by Crippen LogP contribution is 2.34. The minimum atomic E-state index is 0.452. The van der Waals surface area contributed by atoms with Crippen LogP contribution in [0, 0.1) is 0 Å². The fraction of sp³-hybridized carbons (Fsp3) is 0.250. The van der Waals surface area contributed by atoms with E-state index in [2.05, 4.69) is 52.8 Å². The van der Waals surface area contributed by atoms with Crippen LogP contribution in [0.5, 0.6) is 0 Å². The maximum absolute atomic E-state index is 4.33. The Labute approximate surface area is 144 Å². The van der Waals surface area contributed by atoms with E-state index in [9.17, 15) is 0 Å². The van der Waals surface area contributed by atoms with E-state index in [0.29, 0.717) is 6.04 Å². The average molecular weight is 320 g/mol. The summed E-state index contributed by atoms with van der Waals surface area (Å²) in [5, 5.41) is 3.33. The first-order chi connectivity index (χ1) is 11.6. The second-order valence-electron chi connectivity index (χ2n) is 6.13. The number of hydrogen-bond acceptors (Lipinski definition) is 4. The largest absolute Gasteiger partial charge is 0.368 e. The van der Waals surface area contributed by atoms with Crippen LogP contribution in [-0.4, -0.2) is 33.9 Å². The zero-order chi connectivity index (χ0) is 17.1. The van der Waals surface area contributed by atoms with Gasteiger partial charge in [-0.2, -0.15) is 0 Å². The highest BCUT2D eigenvalue weighted by molar-refractivity contribution is 5.43. The molecular weight excluding hydrogens is 296 g/mol. The Hall–Kier alpha value is -2.75. The van der Waals surface area contributed by atoms with Crippen LogP contribution in [0.15, 0.2) is 85.1 Å². The molecule has 1 fully saturated rings. The van der Waals surface area contributed by atoms with Crippen molar-refractivity contribution in [3.63, 3.8) is 0 Å². The van der Waals surface area contributed by atoms with Crippen molar-refractivity contribution < 1.29 is 0 Å². The van der Waals surface area contributed by atoms with Crippen molar-refractivity contribution in [2.45, 2.75) is 19.4 Å². The van der Waals surface area contributed by atoms with Crippen LogP contribution in [-0.2, 0) is 0 Å². The lowest BCUT2D eigenvalue weighted by Crippen LogP contribution is -2.42. The van der Waals surface area contributed by atoms with Crippen LogP contribution in [0.4, 0.5) is 5.82 Å². The van der Waals surface area contributed by atoms with E-state index in [-0.39, 0.29) is 0 Å². The summed E-state index contributed by atoms with van der Waals surface area (Å²) in [5.74, 6) is 1.68. The summed E-state index contributed by atoms with van der Waals surface area (Å²) in [7, 11) is 0. The molecule has 0 radical (unpaired) electrons. The van der Waals surface area contributed by atoms with Crippen LogP contribution < -0.4 is 5.32 Å². The van der Waals surface area contributed by atoms with Crippen LogP contribution >= 0.6 is 0 Å². The fourth-order valence-electron chi connectivity index (χ4n) is 3.35. The molecule has 0 aliphatic carbocycles. The van der Waals surface area contributed by atoms with E-state index < -0.39 is 0 Å². The normalized spacial score (nSPS) is 19.8. The fourth-order valence-corrected chi connectivity index (χ4v) is 3.35. The van der Waals surface area contributed by atoms with Crippen molar-refractivity contribution in [2.75, 3.05) is 18.4 Å². The van der Waals surface area contributed by atoms with Gasteiger partial charge in [-0.3, -0.25) is 0 Å². The Bertz CT molecular complexity index is 714. The molecule has 0 amide bonds. The third-order valence-electron chi connectivity index (χ3n) is 4.55. The van der Waals surface area contributed by atoms with Crippen LogP contribution in [0.1, 0.15) is 13.3 Å². The smallest absolute Gasteiger partial charge is 0.131 e. The van der Waals surface area contributed by atoms with Crippen LogP contribution in [0.3, 0.4) is 0 Å². The van der Waals surface area contributed by atoms with Crippen molar-refractivity contribution in [3.8, 4) is 0 Å². The molecule has 4 heteroatoms. The summed E-state index contributed by atoms with van der Waals surface area (Å²) in [6.45, 7) is 16.2. The summed E-state index contributed by atoms with van der Waals surface area (Å²) in [6.07, 6.45) is 8.81. The van der Waals surface area contributed by atoms with Gasteiger partial charge in [0, 0.05) is 25.0 Å². The van der Waals surface area contributed by atoms with E-state index >= 15 is 0 Å². The molecule has 124 valence electrons. The van der Waals surface area contributed by atoms with Gasteiger partial charge in [-0.15, -0.1) is 0 Å². The number of rotatable bonds is 6. The summed E-state index contributed by atoms with van der Waals surface area (Å²) < 4.78 is 0. The number of fused-ring (bicyclic) bond motifs is 2. The van der Waals surface area contributed by atoms with Gasteiger partial charge in [-0.25, -0.2) is 4.98 Å². The Morgan fingerprint density at radius 2 is 2.21 bits per heavy atom. The predicted molar refractivity (Wildman–Crippen MR) is 100.0 cm³/mol. The van der Waals surface area contributed by atoms with Gasteiger partial charge in [0.1, 0.15) is 11.6 Å². The summed E-state index contributed by atoms with van der Waals surface area (Å²) in [6, 6.07) is 6.27. The van der Waals surface area contributed by atoms with Gasteiger partial charge in [-0.1, -0.05) is 38.0 Å². The molecule has 0 aromatic carbocycles. The van der Waals surface area contributed by atoms with Crippen molar-refractivity contribution in [2.24, 2.45) is 0 Å². The minimum absolute atomic E-state index is 0.452. The monoisotopic (exact) mass is 320 g/mol. The number of aromatic nitrogens is 1. The van der Waals surface area contributed by atoms with E-state index in [1.807, 2.05) is 24.3 Å². The molecule has 4 nitrogen and oxygen atoms in total. The zero-order valence-electron chi connectivity index (χ0n) is 14.2. The first-order valence-electron chi connectivity index (χ1n) is 8.21. The molecule has 3 rings (SSSR count). The van der Waals surface area contributed by atoms with Gasteiger partial charge in [0.15, 0.2) is 0 Å². The molecule has 2 aliphatic heterocycles. The standard InChI is InChI=1S/C20H24N4/c1-5-15(2)9-10-19-16(3)24(18-11-13-23(19)14-18)17(4)22-20-8-6-7-12-21-20/h5-10,12,18H,1-2,4,11,13-14H2,3H3,(H,21,22)/b10-9-/t18-/m0/s1. The topological polar surface area (TPSA) is 31.4 Å². The molecule has 1 atom stereocenters. The average Bonchev–Trinajstić information content (AvgIpc) is 3.00. The number of nitrogens with one attached hydrogen (secondary N) is 1. The summed E-state index contributed by atoms with van der Waals surface area (Å²) in [5.41, 5.74) is 3.33. The molecule has 24 heavy (non-hydrogen) atoms. The molecule has 1 N–H and O–H groups in total. The van der Waals surface area contributed by atoms with Crippen LogP contribution in [0.25, 0.3) is 0 Å². The molecule has 2 aliphatic rings. The molecule has 1 aromatic rings. The maximum Gasteiger partial charge on any atom is 0.131 e. The lowest BCUT2D eigenvalue weighted by molar-refractivity contribution is 0.269. The van der Waals surface area contributed by atoms with Crippen molar-refractivity contribution in [3.05, 3.63) is 85.1 Å². The van der Waals surface area contributed by atoms with Crippen molar-refractivity contribution >= 4 is 5.82 Å². The van der Waals surface area contributed by atoms with Gasteiger partial charge in [-0.05, 0) is 37.1 Å². The van der Waals surface area contributed by atoms with E-state index in [4.69, 9.17) is 0 Å². The second kappa shape index (κ2) is 6.79. The number of anilines is 1. The van der Waals surface area contributed by atoms with Crippen LogP contribution in [0.2, 0.25) is 0 Å². The number of allylic oxidation sites excluding steroid dienone is 5. The van der Waals surface area contributed by atoms with Crippen molar-refractivity contribution in [1.29, 1.82) is 0 Å². The van der Waals surface area contributed by atoms with Crippen molar-refractivity contribution in [1.82, 2.24) is 14.8 Å². The third-order valence-corrected chi connectivity index (χ3v) is 4.55.